The third kappa shape index (κ3) is 3.59. The van der Waals surface area contributed by atoms with Crippen LogP contribution in [0.25, 0.3) is 0 Å². The number of carbonyl (C=O) groups is 2. The number of carboxylic acid groups (broad SMARTS) is 1. The zero-order valence-electron chi connectivity index (χ0n) is 15.1. The van der Waals surface area contributed by atoms with Gasteiger partial charge >= 0.3 is 5.97 Å². The quantitative estimate of drug-likeness (QED) is 0.759. The Kier molecular flexibility index (Phi) is 4.89. The highest BCUT2D eigenvalue weighted by molar-refractivity contribution is 5.92. The highest BCUT2D eigenvalue weighted by Crippen LogP contribution is 2.57. The highest BCUT2D eigenvalue weighted by Gasteiger charge is 2.49. The Labute approximate surface area is 139 Å². The predicted molar refractivity (Wildman–Crippen MR) is 92.1 cm³/mol. The van der Waals surface area contributed by atoms with Crippen molar-refractivity contribution in [3.63, 3.8) is 0 Å². The first-order valence-corrected chi connectivity index (χ1v) is 8.71. The van der Waals surface area contributed by atoms with Crippen molar-refractivity contribution in [3.05, 3.63) is 23.3 Å². The number of fused-ring (bicyclic) bond motifs is 1. The lowest BCUT2D eigenvalue weighted by atomic mass is 9.52. The van der Waals surface area contributed by atoms with Gasteiger partial charge in [-0.15, -0.1) is 0 Å². The molecule has 0 radical (unpaired) electrons. The lowest BCUT2D eigenvalue weighted by molar-refractivity contribution is -0.131. The van der Waals surface area contributed by atoms with Crippen LogP contribution in [-0.4, -0.2) is 16.9 Å². The average molecular weight is 318 g/mol. The second kappa shape index (κ2) is 6.26. The van der Waals surface area contributed by atoms with Crippen molar-refractivity contribution < 1.29 is 14.7 Å². The van der Waals surface area contributed by atoms with Crippen LogP contribution in [0.2, 0.25) is 0 Å². The van der Waals surface area contributed by atoms with Crippen LogP contribution < -0.4 is 0 Å². The van der Waals surface area contributed by atoms with Crippen LogP contribution in [0.5, 0.6) is 0 Å². The van der Waals surface area contributed by atoms with Crippen LogP contribution >= 0.6 is 0 Å². The second-order valence-corrected chi connectivity index (χ2v) is 8.51. The molecule has 1 saturated carbocycles. The van der Waals surface area contributed by atoms with E-state index in [0.717, 1.165) is 24.8 Å². The van der Waals surface area contributed by atoms with Gasteiger partial charge < -0.3 is 5.11 Å². The molecule has 2 aliphatic rings. The third-order valence-corrected chi connectivity index (χ3v) is 6.31. The van der Waals surface area contributed by atoms with E-state index in [9.17, 15) is 9.59 Å². The molecule has 0 spiro atoms. The fourth-order valence-corrected chi connectivity index (χ4v) is 4.58. The molecule has 0 amide bonds. The summed E-state index contributed by atoms with van der Waals surface area (Å²) in [4.78, 5) is 23.1. The molecule has 0 saturated heterocycles. The first-order chi connectivity index (χ1) is 10.6. The summed E-state index contributed by atoms with van der Waals surface area (Å²) in [6, 6.07) is 0. The molecule has 0 aromatic heterocycles. The fraction of sp³-hybridized carbons (Fsp3) is 0.700. The van der Waals surface area contributed by atoms with E-state index in [1.165, 1.54) is 18.1 Å². The van der Waals surface area contributed by atoms with Crippen molar-refractivity contribution in [3.8, 4) is 0 Å². The summed E-state index contributed by atoms with van der Waals surface area (Å²) >= 11 is 0. The molecule has 2 aliphatic carbocycles. The van der Waals surface area contributed by atoms with Crippen LogP contribution in [0.4, 0.5) is 0 Å². The Bertz CT molecular complexity index is 567. The lowest BCUT2D eigenvalue weighted by Gasteiger charge is -2.52. The van der Waals surface area contributed by atoms with E-state index in [0.29, 0.717) is 18.3 Å². The number of hydrogen-bond acceptors (Lipinski definition) is 2. The molecular weight excluding hydrogens is 288 g/mol. The SMILES string of the molecule is C/C(=C/C(=O)O)CC[C@]1(C)C2=CC(=O)CC(C)(C)[C@@H]2CC[C@@H]1C. The van der Waals surface area contributed by atoms with Crippen molar-refractivity contribution in [2.24, 2.45) is 22.7 Å². The van der Waals surface area contributed by atoms with E-state index in [4.69, 9.17) is 5.11 Å². The minimum atomic E-state index is -0.879. The number of aliphatic carboxylic acids is 1. The van der Waals surface area contributed by atoms with Gasteiger partial charge in [-0.1, -0.05) is 38.8 Å². The molecule has 0 heterocycles. The van der Waals surface area contributed by atoms with Crippen LogP contribution in [0.1, 0.15) is 66.7 Å². The summed E-state index contributed by atoms with van der Waals surface area (Å²) < 4.78 is 0. The van der Waals surface area contributed by atoms with E-state index in [-0.39, 0.29) is 16.6 Å². The normalized spacial score (nSPS) is 33.9. The van der Waals surface area contributed by atoms with Gasteiger partial charge in [0.2, 0.25) is 0 Å². The molecule has 3 atom stereocenters. The number of carbonyl (C=O) groups excluding carboxylic acids is 1. The zero-order chi connectivity index (χ0) is 17.4. The molecule has 1 fully saturated rings. The number of ketones is 1. The largest absolute Gasteiger partial charge is 0.478 e. The van der Waals surface area contributed by atoms with E-state index in [1.807, 2.05) is 13.0 Å². The van der Waals surface area contributed by atoms with Crippen LogP contribution in [0.3, 0.4) is 0 Å². The second-order valence-electron chi connectivity index (χ2n) is 8.51. The molecule has 23 heavy (non-hydrogen) atoms. The summed E-state index contributed by atoms with van der Waals surface area (Å²) in [6.45, 7) is 10.9. The number of hydrogen-bond donors (Lipinski definition) is 1. The number of carboxylic acids is 1. The van der Waals surface area contributed by atoms with Gasteiger partial charge in [0.15, 0.2) is 5.78 Å². The summed E-state index contributed by atoms with van der Waals surface area (Å²) in [5, 5.41) is 8.90. The molecule has 0 unspecified atom stereocenters. The Morgan fingerprint density at radius 1 is 1.35 bits per heavy atom. The Morgan fingerprint density at radius 2 is 2.00 bits per heavy atom. The summed E-state index contributed by atoms with van der Waals surface area (Å²) in [6.07, 6.45) is 7.88. The van der Waals surface area contributed by atoms with E-state index in [2.05, 4.69) is 27.7 Å². The van der Waals surface area contributed by atoms with Crippen LogP contribution in [0, 0.1) is 22.7 Å². The minimum absolute atomic E-state index is 0.0100. The zero-order valence-corrected chi connectivity index (χ0v) is 15.1. The van der Waals surface area contributed by atoms with E-state index in [1.54, 1.807) is 0 Å². The van der Waals surface area contributed by atoms with E-state index < -0.39 is 5.97 Å². The smallest absolute Gasteiger partial charge is 0.328 e. The standard InChI is InChI=1S/C20H30O3/c1-13(10-18(22)23)8-9-20(5)14(2)6-7-16-17(20)11-15(21)12-19(16,3)4/h10-11,14,16H,6-9,12H2,1-5H3,(H,22,23)/b13-10-/t14-,16+,20-/m0/s1. The number of allylic oxidation sites excluding steroid dienone is 3. The monoisotopic (exact) mass is 318 g/mol. The van der Waals surface area contributed by atoms with Crippen molar-refractivity contribution in [1.82, 2.24) is 0 Å². The molecule has 3 nitrogen and oxygen atoms in total. The molecule has 2 rings (SSSR count). The van der Waals surface area contributed by atoms with Gasteiger partial charge in [0.1, 0.15) is 0 Å². The molecule has 0 aromatic carbocycles. The third-order valence-electron chi connectivity index (χ3n) is 6.31. The molecule has 0 bridgehead atoms. The van der Waals surface area contributed by atoms with Gasteiger partial charge in [0.25, 0.3) is 0 Å². The van der Waals surface area contributed by atoms with Gasteiger partial charge in [0, 0.05) is 12.5 Å². The van der Waals surface area contributed by atoms with E-state index >= 15 is 0 Å². The minimum Gasteiger partial charge on any atom is -0.478 e. The van der Waals surface area contributed by atoms with Gasteiger partial charge in [-0.25, -0.2) is 4.79 Å². The van der Waals surface area contributed by atoms with Crippen LogP contribution in [-0.2, 0) is 9.59 Å². The summed E-state index contributed by atoms with van der Waals surface area (Å²) in [5.41, 5.74) is 2.24. The summed E-state index contributed by atoms with van der Waals surface area (Å²) in [7, 11) is 0. The Balaban J connectivity index is 2.30. The summed E-state index contributed by atoms with van der Waals surface area (Å²) in [5.74, 6) is 0.365. The highest BCUT2D eigenvalue weighted by atomic mass is 16.4. The first kappa shape index (κ1) is 18.0. The van der Waals surface area contributed by atoms with Gasteiger partial charge in [-0.3, -0.25) is 4.79 Å². The topological polar surface area (TPSA) is 54.4 Å². The van der Waals surface area contributed by atoms with Crippen molar-refractivity contribution in [2.75, 3.05) is 0 Å². The maximum atomic E-state index is 12.2. The van der Waals surface area contributed by atoms with Gasteiger partial charge in [-0.2, -0.15) is 0 Å². The van der Waals surface area contributed by atoms with Crippen molar-refractivity contribution in [1.29, 1.82) is 0 Å². The maximum Gasteiger partial charge on any atom is 0.328 e. The molecular formula is C20H30O3. The predicted octanol–water partition coefficient (Wildman–Crippen LogP) is 4.78. The molecule has 0 aliphatic heterocycles. The van der Waals surface area contributed by atoms with Crippen LogP contribution in [0.15, 0.2) is 23.3 Å². The molecule has 0 aromatic rings. The van der Waals surface area contributed by atoms with Crippen molar-refractivity contribution >= 4 is 11.8 Å². The maximum absolute atomic E-state index is 12.2. The van der Waals surface area contributed by atoms with Gasteiger partial charge in [0.05, 0.1) is 0 Å². The Morgan fingerprint density at radius 3 is 2.61 bits per heavy atom. The molecule has 128 valence electrons. The average Bonchev–Trinajstić information content (AvgIpc) is 2.39. The first-order valence-electron chi connectivity index (χ1n) is 8.71. The Hall–Kier alpha value is -1.38. The van der Waals surface area contributed by atoms with Crippen molar-refractivity contribution in [2.45, 2.75) is 66.7 Å². The molecule has 1 N–H and O–H groups in total. The number of rotatable bonds is 4. The van der Waals surface area contributed by atoms with Gasteiger partial charge in [-0.05, 0) is 61.3 Å². The molecule has 3 heteroatoms. The fourth-order valence-electron chi connectivity index (χ4n) is 4.58. The lowest BCUT2D eigenvalue weighted by Crippen LogP contribution is -2.44.